The Kier molecular flexibility index (Phi) is 2.48. The molecule has 2 bridgehead atoms. The van der Waals surface area contributed by atoms with Gasteiger partial charge in [-0.15, -0.1) is 0 Å². The van der Waals surface area contributed by atoms with Crippen LogP contribution in [-0.2, 0) is 10.2 Å². The molecule has 1 aliphatic carbocycles. The Morgan fingerprint density at radius 2 is 2.30 bits per heavy atom. The summed E-state index contributed by atoms with van der Waals surface area (Å²) in [5.74, 6) is 0.507. The van der Waals surface area contributed by atoms with Gasteiger partial charge < -0.3 is 10.4 Å². The maximum absolute atomic E-state index is 12.0. The van der Waals surface area contributed by atoms with Gasteiger partial charge in [-0.2, -0.15) is 0 Å². The SMILES string of the molecule is C/C=C1\CN2CCC34C(=C(C=O)[C@H]1C[C@H]23)Nc1c(O)cccc14. The summed E-state index contributed by atoms with van der Waals surface area (Å²) < 4.78 is 0. The second-order valence-corrected chi connectivity index (χ2v) is 7.13. The first kappa shape index (κ1) is 13.4. The van der Waals surface area contributed by atoms with E-state index in [9.17, 15) is 9.90 Å². The highest BCUT2D eigenvalue weighted by Crippen LogP contribution is 2.61. The van der Waals surface area contributed by atoms with Crippen molar-refractivity contribution in [2.75, 3.05) is 18.4 Å². The van der Waals surface area contributed by atoms with Gasteiger partial charge in [-0.25, -0.2) is 0 Å². The standard InChI is InChI=1S/C19H20N2O2/c1-2-11-9-21-7-6-19-14-4-3-5-15(23)17(14)20-18(19)13(10-22)12(11)8-16(19)21/h2-5,10,12,16,20,23H,6-9H2,1H3/b11-2+/t12-,16-,19?/m0/s1. The number of piperidine rings is 1. The molecule has 23 heavy (non-hydrogen) atoms. The first-order valence-electron chi connectivity index (χ1n) is 8.39. The van der Waals surface area contributed by atoms with Crippen LogP contribution >= 0.6 is 0 Å². The molecule has 4 heteroatoms. The van der Waals surface area contributed by atoms with E-state index in [1.54, 1.807) is 6.07 Å². The van der Waals surface area contributed by atoms with E-state index < -0.39 is 0 Å². The summed E-state index contributed by atoms with van der Waals surface area (Å²) in [6, 6.07) is 6.18. The highest BCUT2D eigenvalue weighted by molar-refractivity contribution is 5.86. The Bertz CT molecular complexity index is 795. The van der Waals surface area contributed by atoms with Crippen LogP contribution in [0.15, 0.2) is 41.1 Å². The number of carbonyl (C=O) groups excluding carboxylic acids is 1. The van der Waals surface area contributed by atoms with Crippen LogP contribution in [0.3, 0.4) is 0 Å². The molecular weight excluding hydrogens is 288 g/mol. The van der Waals surface area contributed by atoms with E-state index in [1.165, 1.54) is 11.1 Å². The fraction of sp³-hybridized carbons (Fsp3) is 0.421. The summed E-state index contributed by atoms with van der Waals surface area (Å²) in [5, 5.41) is 13.7. The van der Waals surface area contributed by atoms with Gasteiger partial charge in [0, 0.05) is 36.3 Å². The average molecular weight is 308 g/mol. The number of aromatic hydroxyl groups is 1. The van der Waals surface area contributed by atoms with E-state index in [0.29, 0.717) is 6.04 Å². The zero-order valence-corrected chi connectivity index (χ0v) is 13.2. The zero-order chi connectivity index (χ0) is 15.8. The number of nitrogens with zero attached hydrogens (tertiary/aromatic N) is 1. The van der Waals surface area contributed by atoms with E-state index in [1.807, 2.05) is 6.07 Å². The van der Waals surface area contributed by atoms with Gasteiger partial charge in [-0.3, -0.25) is 9.69 Å². The summed E-state index contributed by atoms with van der Waals surface area (Å²) in [6.07, 6.45) is 5.24. The lowest BCUT2D eigenvalue weighted by Gasteiger charge is -2.48. The van der Waals surface area contributed by atoms with Gasteiger partial charge in [-0.1, -0.05) is 23.8 Å². The summed E-state index contributed by atoms with van der Waals surface area (Å²) in [4.78, 5) is 14.5. The van der Waals surface area contributed by atoms with E-state index in [4.69, 9.17) is 0 Å². The lowest BCUT2D eigenvalue weighted by atomic mass is 9.62. The Labute approximate surface area is 135 Å². The number of anilines is 1. The van der Waals surface area contributed by atoms with Crippen molar-refractivity contribution in [2.45, 2.75) is 31.2 Å². The molecule has 2 saturated heterocycles. The molecule has 1 unspecified atom stereocenters. The number of benzene rings is 1. The Balaban J connectivity index is 1.84. The highest BCUT2D eigenvalue weighted by Gasteiger charge is 2.61. The quantitative estimate of drug-likeness (QED) is 0.476. The van der Waals surface area contributed by atoms with Gasteiger partial charge >= 0.3 is 0 Å². The maximum Gasteiger partial charge on any atom is 0.148 e. The van der Waals surface area contributed by atoms with Gasteiger partial charge in [-0.05, 0) is 31.4 Å². The smallest absolute Gasteiger partial charge is 0.148 e. The van der Waals surface area contributed by atoms with Crippen molar-refractivity contribution in [3.63, 3.8) is 0 Å². The largest absolute Gasteiger partial charge is 0.506 e. The van der Waals surface area contributed by atoms with Gasteiger partial charge in [0.05, 0.1) is 11.1 Å². The molecule has 3 heterocycles. The minimum absolute atomic E-state index is 0.139. The zero-order valence-electron chi connectivity index (χ0n) is 13.2. The average Bonchev–Trinajstić information content (AvgIpc) is 3.12. The van der Waals surface area contributed by atoms with Crippen molar-refractivity contribution in [3.05, 3.63) is 46.7 Å². The minimum Gasteiger partial charge on any atom is -0.506 e. The number of nitrogens with one attached hydrogen (secondary N) is 1. The van der Waals surface area contributed by atoms with Crippen molar-refractivity contribution in [1.29, 1.82) is 0 Å². The summed E-state index contributed by atoms with van der Waals surface area (Å²) in [6.45, 7) is 4.08. The molecule has 4 nitrogen and oxygen atoms in total. The van der Waals surface area contributed by atoms with Gasteiger partial charge in [0.1, 0.15) is 12.0 Å². The number of phenols is 1. The monoisotopic (exact) mass is 308 g/mol. The molecule has 2 fully saturated rings. The maximum atomic E-state index is 12.0. The summed E-state index contributed by atoms with van der Waals surface area (Å²) >= 11 is 0. The number of hydrogen-bond donors (Lipinski definition) is 2. The highest BCUT2D eigenvalue weighted by atomic mass is 16.3. The van der Waals surface area contributed by atoms with E-state index in [-0.39, 0.29) is 17.1 Å². The number of allylic oxidation sites excluding steroid dienone is 2. The van der Waals surface area contributed by atoms with Crippen molar-refractivity contribution in [3.8, 4) is 5.75 Å². The van der Waals surface area contributed by atoms with E-state index in [2.05, 4.69) is 29.3 Å². The fourth-order valence-electron chi connectivity index (χ4n) is 5.50. The van der Waals surface area contributed by atoms with Crippen molar-refractivity contribution < 1.29 is 9.90 Å². The molecular formula is C19H20N2O2. The molecule has 1 aromatic rings. The fourth-order valence-corrected chi connectivity index (χ4v) is 5.50. The van der Waals surface area contributed by atoms with Crippen molar-refractivity contribution >= 4 is 12.0 Å². The second-order valence-electron chi connectivity index (χ2n) is 7.13. The normalized spacial score (nSPS) is 36.0. The first-order valence-corrected chi connectivity index (χ1v) is 8.39. The molecule has 2 N–H and O–H groups in total. The minimum atomic E-state index is -0.139. The van der Waals surface area contributed by atoms with Gasteiger partial charge in [0.2, 0.25) is 0 Å². The molecule has 4 aliphatic rings. The van der Waals surface area contributed by atoms with Crippen LogP contribution in [0.1, 0.15) is 25.3 Å². The van der Waals surface area contributed by atoms with Crippen LogP contribution in [0.2, 0.25) is 0 Å². The van der Waals surface area contributed by atoms with Crippen LogP contribution in [0.4, 0.5) is 5.69 Å². The summed E-state index contributed by atoms with van der Waals surface area (Å²) in [7, 11) is 0. The Morgan fingerprint density at radius 3 is 3.09 bits per heavy atom. The van der Waals surface area contributed by atoms with E-state index >= 15 is 0 Å². The predicted molar refractivity (Wildman–Crippen MR) is 88.3 cm³/mol. The van der Waals surface area contributed by atoms with Crippen LogP contribution in [0, 0.1) is 5.92 Å². The molecule has 0 saturated carbocycles. The molecule has 0 radical (unpaired) electrons. The van der Waals surface area contributed by atoms with Gasteiger partial charge in [0.15, 0.2) is 0 Å². The topological polar surface area (TPSA) is 52.6 Å². The number of phenolic OH excluding ortho intramolecular Hbond substituents is 1. The molecule has 5 rings (SSSR count). The first-order chi connectivity index (χ1) is 11.2. The van der Waals surface area contributed by atoms with Crippen LogP contribution in [-0.4, -0.2) is 35.4 Å². The number of fused-ring (bicyclic) bond motifs is 2. The Morgan fingerprint density at radius 1 is 1.43 bits per heavy atom. The molecule has 1 aromatic carbocycles. The van der Waals surface area contributed by atoms with E-state index in [0.717, 1.165) is 49.2 Å². The predicted octanol–water partition coefficient (Wildman–Crippen LogP) is 2.56. The summed E-state index contributed by atoms with van der Waals surface area (Å²) in [5.41, 5.74) is 5.13. The molecule has 0 amide bonds. The third kappa shape index (κ3) is 1.39. The van der Waals surface area contributed by atoms with Crippen molar-refractivity contribution in [1.82, 2.24) is 4.90 Å². The third-order valence-corrected chi connectivity index (χ3v) is 6.48. The van der Waals surface area contributed by atoms with Crippen LogP contribution < -0.4 is 5.32 Å². The number of hydrogen-bond acceptors (Lipinski definition) is 4. The number of rotatable bonds is 1. The molecule has 1 spiro atoms. The number of para-hydroxylation sites is 1. The third-order valence-electron chi connectivity index (χ3n) is 6.48. The number of carbonyl (C=O) groups is 1. The number of aldehydes is 1. The Hall–Kier alpha value is -2.07. The van der Waals surface area contributed by atoms with Gasteiger partial charge in [0.25, 0.3) is 0 Å². The van der Waals surface area contributed by atoms with Crippen LogP contribution in [0.25, 0.3) is 0 Å². The van der Waals surface area contributed by atoms with Crippen molar-refractivity contribution in [2.24, 2.45) is 5.92 Å². The second kappa shape index (κ2) is 4.26. The lowest BCUT2D eigenvalue weighted by Crippen LogP contribution is -2.52. The molecule has 3 atom stereocenters. The van der Waals surface area contributed by atoms with Crippen LogP contribution in [0.5, 0.6) is 5.75 Å². The molecule has 118 valence electrons. The lowest BCUT2D eigenvalue weighted by molar-refractivity contribution is -0.105. The molecule has 0 aromatic heterocycles. The molecule has 3 aliphatic heterocycles.